The van der Waals surface area contributed by atoms with E-state index in [2.05, 4.69) is 5.32 Å². The normalized spacial score (nSPS) is 12.3. The summed E-state index contributed by atoms with van der Waals surface area (Å²) in [7, 11) is 0. The van der Waals surface area contributed by atoms with E-state index in [-0.39, 0.29) is 18.4 Å². The lowest BCUT2D eigenvalue weighted by Gasteiger charge is -2.12. The zero-order valence-electron chi connectivity index (χ0n) is 12.3. The topological polar surface area (TPSA) is 71.3 Å². The van der Waals surface area contributed by atoms with Crippen LogP contribution in [0.25, 0.3) is 10.9 Å². The van der Waals surface area contributed by atoms with Crippen LogP contribution in [-0.2, 0) is 11.3 Å². The molecule has 1 unspecified atom stereocenters. The summed E-state index contributed by atoms with van der Waals surface area (Å²) in [6, 6.07) is 7.61. The number of amides is 1. The third-order valence-corrected chi connectivity index (χ3v) is 3.54. The van der Waals surface area contributed by atoms with Gasteiger partial charge in [-0.15, -0.1) is 0 Å². The molecular formula is C16H20N2O3. The molecule has 2 N–H and O–H groups in total. The van der Waals surface area contributed by atoms with Crippen molar-refractivity contribution in [3.05, 3.63) is 36.0 Å². The quantitative estimate of drug-likeness (QED) is 0.858. The van der Waals surface area contributed by atoms with E-state index in [9.17, 15) is 9.59 Å². The molecule has 0 bridgehead atoms. The highest BCUT2D eigenvalue weighted by Gasteiger charge is 2.16. The molecule has 0 saturated carbocycles. The van der Waals surface area contributed by atoms with Crippen LogP contribution in [0.3, 0.4) is 0 Å². The average Bonchev–Trinajstić information content (AvgIpc) is 2.84. The number of aromatic nitrogens is 1. The Morgan fingerprint density at radius 1 is 1.33 bits per heavy atom. The predicted molar refractivity (Wildman–Crippen MR) is 81.4 cm³/mol. The second kappa shape index (κ2) is 6.43. The fourth-order valence-electron chi connectivity index (χ4n) is 2.40. The lowest BCUT2D eigenvalue weighted by Crippen LogP contribution is -2.32. The van der Waals surface area contributed by atoms with Gasteiger partial charge in [0.05, 0.1) is 5.56 Å². The van der Waals surface area contributed by atoms with Crippen LogP contribution in [-0.4, -0.2) is 27.6 Å². The van der Waals surface area contributed by atoms with Crippen LogP contribution in [0.4, 0.5) is 0 Å². The number of benzene rings is 1. The van der Waals surface area contributed by atoms with Crippen LogP contribution in [0.5, 0.6) is 0 Å². The van der Waals surface area contributed by atoms with Crippen LogP contribution >= 0.6 is 0 Å². The summed E-state index contributed by atoms with van der Waals surface area (Å²) in [5, 5.41) is 12.5. The number of carboxylic acids is 1. The van der Waals surface area contributed by atoms with Crippen molar-refractivity contribution in [2.24, 2.45) is 0 Å². The first kappa shape index (κ1) is 15.1. The van der Waals surface area contributed by atoms with Crippen molar-refractivity contribution in [1.29, 1.82) is 0 Å². The number of carbonyl (C=O) groups excluding carboxylic acids is 1. The van der Waals surface area contributed by atoms with Gasteiger partial charge in [-0.05, 0) is 26.3 Å². The summed E-state index contributed by atoms with van der Waals surface area (Å²) in [5.74, 6) is -1.00. The van der Waals surface area contributed by atoms with Crippen molar-refractivity contribution in [2.75, 3.05) is 0 Å². The zero-order valence-corrected chi connectivity index (χ0v) is 12.3. The highest BCUT2D eigenvalue weighted by molar-refractivity contribution is 6.07. The molecule has 1 amide bonds. The molecule has 0 saturated heterocycles. The van der Waals surface area contributed by atoms with Gasteiger partial charge in [0, 0.05) is 36.1 Å². The molecule has 0 spiro atoms. The molecule has 0 aliphatic carbocycles. The zero-order chi connectivity index (χ0) is 15.4. The number of nitrogens with one attached hydrogen (secondary N) is 1. The number of aliphatic carboxylic acids is 1. The fraction of sp³-hybridized carbons (Fsp3) is 0.375. The first-order chi connectivity index (χ1) is 10.0. The fourth-order valence-corrected chi connectivity index (χ4v) is 2.40. The second-order valence-electron chi connectivity index (χ2n) is 5.15. The summed E-state index contributed by atoms with van der Waals surface area (Å²) in [5.41, 5.74) is 1.66. The average molecular weight is 288 g/mol. The minimum Gasteiger partial charge on any atom is -0.481 e. The number of hydrogen-bond donors (Lipinski definition) is 2. The van der Waals surface area contributed by atoms with E-state index in [4.69, 9.17) is 5.11 Å². The van der Waals surface area contributed by atoms with Gasteiger partial charge in [0.25, 0.3) is 5.91 Å². The van der Waals surface area contributed by atoms with Gasteiger partial charge in [-0.25, -0.2) is 0 Å². The minimum absolute atomic E-state index is 0.0537. The molecule has 0 aliphatic rings. The predicted octanol–water partition coefficient (Wildman–Crippen LogP) is 2.64. The minimum atomic E-state index is -0.848. The molecule has 112 valence electrons. The smallest absolute Gasteiger partial charge is 0.303 e. The molecule has 0 radical (unpaired) electrons. The summed E-state index contributed by atoms with van der Waals surface area (Å²) >= 11 is 0. The largest absolute Gasteiger partial charge is 0.481 e. The van der Waals surface area contributed by atoms with Crippen molar-refractivity contribution >= 4 is 22.8 Å². The number of rotatable bonds is 6. The highest BCUT2D eigenvalue weighted by atomic mass is 16.4. The van der Waals surface area contributed by atoms with Crippen molar-refractivity contribution in [2.45, 2.75) is 39.3 Å². The molecule has 1 atom stereocenters. The molecule has 1 aromatic carbocycles. The Hall–Kier alpha value is -2.30. The van der Waals surface area contributed by atoms with Crippen LogP contribution in [0.15, 0.2) is 30.5 Å². The molecule has 2 aromatic rings. The second-order valence-corrected chi connectivity index (χ2v) is 5.15. The number of aryl methyl sites for hydroxylation is 1. The van der Waals surface area contributed by atoms with E-state index in [1.165, 1.54) is 0 Å². The van der Waals surface area contributed by atoms with Gasteiger partial charge >= 0.3 is 5.97 Å². The summed E-state index contributed by atoms with van der Waals surface area (Å²) < 4.78 is 2.03. The molecule has 1 heterocycles. The van der Waals surface area contributed by atoms with Gasteiger partial charge in [0.1, 0.15) is 0 Å². The molecule has 21 heavy (non-hydrogen) atoms. The summed E-state index contributed by atoms with van der Waals surface area (Å²) in [4.78, 5) is 22.9. The highest BCUT2D eigenvalue weighted by Crippen LogP contribution is 2.21. The summed E-state index contributed by atoms with van der Waals surface area (Å²) in [6.07, 6.45) is 2.33. The maximum Gasteiger partial charge on any atom is 0.303 e. The van der Waals surface area contributed by atoms with Gasteiger partial charge in [0.15, 0.2) is 0 Å². The number of carboxylic acid groups (broad SMARTS) is 1. The first-order valence-electron chi connectivity index (χ1n) is 7.13. The van der Waals surface area contributed by atoms with Crippen molar-refractivity contribution in [3.8, 4) is 0 Å². The molecule has 0 fully saturated rings. The van der Waals surface area contributed by atoms with Crippen molar-refractivity contribution in [3.63, 3.8) is 0 Å². The first-order valence-corrected chi connectivity index (χ1v) is 7.13. The number of nitrogens with zero attached hydrogens (tertiary/aromatic N) is 1. The maximum absolute atomic E-state index is 12.4. The summed E-state index contributed by atoms with van der Waals surface area (Å²) in [6.45, 7) is 4.64. The molecule has 0 aliphatic heterocycles. The van der Waals surface area contributed by atoms with Crippen LogP contribution in [0.2, 0.25) is 0 Å². The van der Waals surface area contributed by atoms with Crippen LogP contribution in [0.1, 0.15) is 37.0 Å². The standard InChI is InChI=1S/C16H20N2O3/c1-3-18-10-13(12-6-4-5-7-14(12)18)16(21)17-11(2)8-9-15(19)20/h4-7,10-11H,3,8-9H2,1-2H3,(H,17,21)(H,19,20). The lowest BCUT2D eigenvalue weighted by atomic mass is 10.1. The van der Waals surface area contributed by atoms with E-state index < -0.39 is 5.97 Å². The van der Waals surface area contributed by atoms with Crippen LogP contribution in [0, 0.1) is 0 Å². The number of fused-ring (bicyclic) bond motifs is 1. The van der Waals surface area contributed by atoms with Crippen molar-refractivity contribution < 1.29 is 14.7 Å². The van der Waals surface area contributed by atoms with E-state index in [1.807, 2.05) is 48.9 Å². The monoisotopic (exact) mass is 288 g/mol. The molecule has 1 aromatic heterocycles. The van der Waals surface area contributed by atoms with E-state index in [0.717, 1.165) is 17.4 Å². The number of para-hydroxylation sites is 1. The Labute approximate surface area is 123 Å². The van der Waals surface area contributed by atoms with E-state index in [0.29, 0.717) is 12.0 Å². The Kier molecular flexibility index (Phi) is 4.62. The Balaban J connectivity index is 2.18. The molecule has 5 heteroatoms. The SMILES string of the molecule is CCn1cc(C(=O)NC(C)CCC(=O)O)c2ccccc21. The third kappa shape index (κ3) is 3.42. The number of hydrogen-bond acceptors (Lipinski definition) is 2. The van der Waals surface area contributed by atoms with Gasteiger partial charge in [-0.3, -0.25) is 9.59 Å². The van der Waals surface area contributed by atoms with E-state index >= 15 is 0 Å². The lowest BCUT2D eigenvalue weighted by molar-refractivity contribution is -0.137. The van der Waals surface area contributed by atoms with Crippen molar-refractivity contribution in [1.82, 2.24) is 9.88 Å². The Morgan fingerprint density at radius 2 is 2.05 bits per heavy atom. The Bertz CT molecular complexity index is 661. The van der Waals surface area contributed by atoms with E-state index in [1.54, 1.807) is 0 Å². The van der Waals surface area contributed by atoms with Gasteiger partial charge < -0.3 is 15.0 Å². The van der Waals surface area contributed by atoms with Gasteiger partial charge in [-0.1, -0.05) is 18.2 Å². The molecule has 2 rings (SSSR count). The third-order valence-electron chi connectivity index (χ3n) is 3.54. The van der Waals surface area contributed by atoms with Crippen LogP contribution < -0.4 is 5.32 Å². The number of carbonyl (C=O) groups is 2. The van der Waals surface area contributed by atoms with Gasteiger partial charge in [-0.2, -0.15) is 0 Å². The van der Waals surface area contributed by atoms with Gasteiger partial charge in [0.2, 0.25) is 0 Å². The molecular weight excluding hydrogens is 268 g/mol. The maximum atomic E-state index is 12.4. The Morgan fingerprint density at radius 3 is 2.71 bits per heavy atom. The molecule has 5 nitrogen and oxygen atoms in total.